The zero-order valence-electron chi connectivity index (χ0n) is 20.0. The highest BCUT2D eigenvalue weighted by atomic mass is 16.3. The normalized spacial score (nSPS) is 12.3. The maximum atomic E-state index is 13.2. The Hall–Kier alpha value is -5.24. The molecule has 8 heteroatoms. The Morgan fingerprint density at radius 2 is 0.974 bits per heavy atom. The van der Waals surface area contributed by atoms with Gasteiger partial charge in [-0.3, -0.25) is 9.59 Å². The Labute approximate surface area is 211 Å². The number of phenolic OH excluding ortho intramolecular Hbond substituents is 6. The van der Waals surface area contributed by atoms with Gasteiger partial charge in [-0.15, -0.1) is 0 Å². The number of phenols is 6. The summed E-state index contributed by atoms with van der Waals surface area (Å²) >= 11 is 0. The summed E-state index contributed by atoms with van der Waals surface area (Å²) in [6, 6.07) is 7.66. The van der Waals surface area contributed by atoms with Gasteiger partial charge in [-0.1, -0.05) is 6.07 Å². The van der Waals surface area contributed by atoms with Gasteiger partial charge in [0.25, 0.3) is 0 Å². The third-order valence-corrected chi connectivity index (χ3v) is 7.61. The first-order valence-electron chi connectivity index (χ1n) is 11.7. The predicted octanol–water partition coefficient (Wildman–Crippen LogP) is 5.05. The Balaban J connectivity index is 2.10. The molecule has 0 heterocycles. The summed E-state index contributed by atoms with van der Waals surface area (Å²) < 4.78 is 0. The zero-order valence-corrected chi connectivity index (χ0v) is 20.0. The fourth-order valence-electron chi connectivity index (χ4n) is 6.29. The molecule has 6 N–H and O–H groups in total. The van der Waals surface area contributed by atoms with Gasteiger partial charge in [-0.2, -0.15) is 0 Å². The topological polar surface area (TPSA) is 156 Å². The SMILES string of the molecule is Cc1cc(=O)c2c(O)c3c(O)cc(O)c4c5c(C)cc(O)c6c(O)c7c(O)cc(=O)cc7c(c65)c(c2c1)c34. The minimum atomic E-state index is -0.548. The van der Waals surface area contributed by atoms with Gasteiger partial charge in [0, 0.05) is 33.7 Å². The van der Waals surface area contributed by atoms with E-state index in [9.17, 15) is 40.2 Å². The lowest BCUT2D eigenvalue weighted by Gasteiger charge is -2.22. The third-order valence-electron chi connectivity index (χ3n) is 7.61. The minimum absolute atomic E-state index is 0.0236. The third kappa shape index (κ3) is 2.39. The second kappa shape index (κ2) is 6.74. The average Bonchev–Trinajstić information content (AvgIpc) is 2.80. The molecule has 0 unspecified atom stereocenters. The van der Waals surface area contributed by atoms with Gasteiger partial charge in [-0.25, -0.2) is 0 Å². The molecule has 0 atom stereocenters. The van der Waals surface area contributed by atoms with Crippen LogP contribution < -0.4 is 10.9 Å². The van der Waals surface area contributed by atoms with Gasteiger partial charge in [0.2, 0.25) is 0 Å². The zero-order chi connectivity index (χ0) is 26.9. The predicted molar refractivity (Wildman–Crippen MR) is 146 cm³/mol. The van der Waals surface area contributed by atoms with Gasteiger partial charge < -0.3 is 30.6 Å². The quantitative estimate of drug-likeness (QED) is 0.123. The first-order valence-corrected chi connectivity index (χ1v) is 11.7. The van der Waals surface area contributed by atoms with Crippen molar-refractivity contribution in [3.63, 3.8) is 0 Å². The number of hydrogen-bond acceptors (Lipinski definition) is 8. The molecule has 0 aliphatic carbocycles. The molecule has 0 aromatic heterocycles. The molecule has 0 aliphatic heterocycles. The van der Waals surface area contributed by atoms with Crippen LogP contribution in [0.4, 0.5) is 0 Å². The summed E-state index contributed by atoms with van der Waals surface area (Å²) in [7, 11) is 0. The molecule has 0 spiro atoms. The molecule has 7 aromatic rings. The summed E-state index contributed by atoms with van der Waals surface area (Å²) in [6.07, 6.45) is 0. The van der Waals surface area contributed by atoms with E-state index < -0.39 is 33.9 Å². The fraction of sp³-hybridized carbons (Fsp3) is 0.0667. The maximum Gasteiger partial charge on any atom is 0.190 e. The minimum Gasteiger partial charge on any atom is -0.507 e. The van der Waals surface area contributed by atoms with Crippen molar-refractivity contribution in [1.29, 1.82) is 0 Å². The van der Waals surface area contributed by atoms with E-state index in [4.69, 9.17) is 0 Å². The van der Waals surface area contributed by atoms with Gasteiger partial charge >= 0.3 is 0 Å². The van der Waals surface area contributed by atoms with Crippen molar-refractivity contribution >= 4 is 64.6 Å². The first-order chi connectivity index (χ1) is 18.0. The van der Waals surface area contributed by atoms with Crippen LogP contribution in [0.3, 0.4) is 0 Å². The van der Waals surface area contributed by atoms with Crippen LogP contribution in [0.25, 0.3) is 64.6 Å². The van der Waals surface area contributed by atoms with Crippen LogP contribution in [-0.4, -0.2) is 30.6 Å². The number of aryl methyl sites for hydroxylation is 2. The van der Waals surface area contributed by atoms with Crippen molar-refractivity contribution in [3.8, 4) is 34.5 Å². The Bertz CT molecular complexity index is 2320. The molecule has 7 aromatic carbocycles. The first kappa shape index (κ1) is 22.0. The Morgan fingerprint density at radius 3 is 1.66 bits per heavy atom. The monoisotopic (exact) mass is 506 g/mol. The van der Waals surface area contributed by atoms with Crippen molar-refractivity contribution in [2.24, 2.45) is 0 Å². The Kier molecular flexibility index (Phi) is 3.90. The second-order valence-electron chi connectivity index (χ2n) is 9.88. The molecule has 7 rings (SSSR count). The second-order valence-corrected chi connectivity index (χ2v) is 9.88. The summed E-state index contributed by atoms with van der Waals surface area (Å²) in [5.41, 5.74) is 0.0223. The van der Waals surface area contributed by atoms with Gasteiger partial charge in [0.15, 0.2) is 10.9 Å². The number of fused-ring (bicyclic) bond motifs is 6. The molecule has 38 heavy (non-hydrogen) atoms. The van der Waals surface area contributed by atoms with Crippen molar-refractivity contribution in [2.45, 2.75) is 13.8 Å². The highest BCUT2D eigenvalue weighted by molar-refractivity contribution is 6.46. The van der Waals surface area contributed by atoms with Crippen LogP contribution in [0.1, 0.15) is 11.1 Å². The van der Waals surface area contributed by atoms with Gasteiger partial charge in [0.05, 0.1) is 21.5 Å². The van der Waals surface area contributed by atoms with Crippen molar-refractivity contribution in [2.75, 3.05) is 0 Å². The summed E-state index contributed by atoms with van der Waals surface area (Å²) in [4.78, 5) is 25.8. The van der Waals surface area contributed by atoms with Gasteiger partial charge in [0.1, 0.15) is 34.5 Å². The highest BCUT2D eigenvalue weighted by Gasteiger charge is 2.29. The molecule has 0 bridgehead atoms. The molecule has 0 amide bonds. The largest absolute Gasteiger partial charge is 0.507 e. The number of hydrogen-bond donors (Lipinski definition) is 6. The maximum absolute atomic E-state index is 13.2. The summed E-state index contributed by atoms with van der Waals surface area (Å²) in [5, 5.41) is 68.3. The van der Waals surface area contributed by atoms with E-state index in [1.807, 2.05) is 0 Å². The van der Waals surface area contributed by atoms with E-state index in [-0.39, 0.29) is 60.0 Å². The Morgan fingerprint density at radius 1 is 0.447 bits per heavy atom. The van der Waals surface area contributed by atoms with E-state index in [1.165, 1.54) is 18.2 Å². The molecule has 0 fully saturated rings. The van der Waals surface area contributed by atoms with Crippen molar-refractivity contribution in [1.82, 2.24) is 0 Å². The highest BCUT2D eigenvalue weighted by Crippen LogP contribution is 2.57. The number of aromatic hydroxyl groups is 6. The smallest absolute Gasteiger partial charge is 0.190 e. The molecule has 0 saturated heterocycles. The molecule has 186 valence electrons. The molecular weight excluding hydrogens is 488 g/mol. The molecule has 0 saturated carbocycles. The van der Waals surface area contributed by atoms with E-state index in [0.29, 0.717) is 27.3 Å². The fourth-order valence-corrected chi connectivity index (χ4v) is 6.29. The van der Waals surface area contributed by atoms with Crippen LogP contribution in [-0.2, 0) is 0 Å². The molecular formula is C30H18O8. The van der Waals surface area contributed by atoms with Crippen LogP contribution in [0.5, 0.6) is 34.5 Å². The van der Waals surface area contributed by atoms with E-state index >= 15 is 0 Å². The lowest BCUT2D eigenvalue weighted by Crippen LogP contribution is -2.03. The number of rotatable bonds is 0. The van der Waals surface area contributed by atoms with E-state index in [2.05, 4.69) is 0 Å². The summed E-state index contributed by atoms with van der Waals surface area (Å²) in [5.74, 6) is -2.52. The van der Waals surface area contributed by atoms with Crippen molar-refractivity contribution in [3.05, 3.63) is 68.0 Å². The van der Waals surface area contributed by atoms with Crippen LogP contribution in [0, 0.1) is 13.8 Å². The van der Waals surface area contributed by atoms with Crippen LogP contribution in [0.2, 0.25) is 0 Å². The van der Waals surface area contributed by atoms with Crippen LogP contribution in [0.15, 0.2) is 46.0 Å². The standard InChI is InChI=1S/C30H18O8/c1-9-3-12-20(14(32)4-9)29(37)26-18(36)8-17(35)24-19-10(2)5-15(33)25-27(19)23(22(12)28(24)26)13-6-11(31)7-16(34)21(13)30(25)38/h3-8,33-38H,1-2H3. The average molecular weight is 506 g/mol. The van der Waals surface area contributed by atoms with Crippen molar-refractivity contribution < 1.29 is 30.6 Å². The lowest BCUT2D eigenvalue weighted by molar-refractivity contribution is 0.453. The number of benzene rings is 7. The van der Waals surface area contributed by atoms with E-state index in [0.717, 1.165) is 12.1 Å². The van der Waals surface area contributed by atoms with Gasteiger partial charge in [-0.05, 0) is 64.7 Å². The lowest BCUT2D eigenvalue weighted by atomic mass is 9.82. The van der Waals surface area contributed by atoms with Crippen LogP contribution >= 0.6 is 0 Å². The summed E-state index contributed by atoms with van der Waals surface area (Å²) in [6.45, 7) is 3.39. The molecule has 0 radical (unpaired) electrons. The van der Waals surface area contributed by atoms with E-state index in [1.54, 1.807) is 19.9 Å². The molecule has 8 nitrogen and oxygen atoms in total. The molecule has 0 aliphatic rings.